The molecule has 2 N–H and O–H groups in total. The van der Waals surface area contributed by atoms with Gasteiger partial charge in [-0.2, -0.15) is 10.1 Å². The Morgan fingerprint density at radius 2 is 1.61 bits per heavy atom. The number of fused-ring (bicyclic) bond motifs is 1. The highest BCUT2D eigenvalue weighted by Crippen LogP contribution is 2.14. The van der Waals surface area contributed by atoms with Crippen molar-refractivity contribution in [3.63, 3.8) is 0 Å². The quantitative estimate of drug-likeness (QED) is 0.320. The third-order valence-corrected chi connectivity index (χ3v) is 5.05. The fraction of sp³-hybridized carbons (Fsp3) is 0.333. The Morgan fingerprint density at radius 3 is 2.25 bits per heavy atom. The molecule has 3 rings (SSSR count). The lowest BCUT2D eigenvalue weighted by atomic mass is 10.3. The molecule has 0 atom stereocenters. The summed E-state index contributed by atoms with van der Waals surface area (Å²) in [5, 5.41) is 14.1. The molecule has 3 aromatic heterocycles. The largest absolute Gasteiger partial charge is 0.494 e. The number of aromatic hydroxyl groups is 1. The topological polar surface area (TPSA) is 133 Å². The fourth-order valence-corrected chi connectivity index (χ4v) is 2.91. The van der Waals surface area contributed by atoms with E-state index in [1.54, 1.807) is 7.05 Å². The first-order valence-corrected chi connectivity index (χ1v) is 8.39. The van der Waals surface area contributed by atoms with Crippen LogP contribution in [-0.4, -0.2) is 39.1 Å². The number of nitrogens with one attached hydrogen (secondary N) is 1. The van der Waals surface area contributed by atoms with Gasteiger partial charge in [-0.25, -0.2) is 10.2 Å². The van der Waals surface area contributed by atoms with Crippen molar-refractivity contribution < 1.29 is 5.11 Å². The van der Waals surface area contributed by atoms with E-state index in [2.05, 4.69) is 15.5 Å². The lowest BCUT2D eigenvalue weighted by molar-refractivity contribution is 0.415. The van der Waals surface area contributed by atoms with E-state index in [1.165, 1.54) is 46.5 Å². The predicted molar refractivity (Wildman–Crippen MR) is 106 cm³/mol. The molecule has 0 amide bonds. The zero-order chi connectivity index (χ0) is 20.9. The molecule has 0 radical (unpaired) electrons. The van der Waals surface area contributed by atoms with E-state index < -0.39 is 16.8 Å². The van der Waals surface area contributed by atoms with Crippen molar-refractivity contribution in [2.45, 2.75) is 0 Å². The minimum absolute atomic E-state index is 0.0758. The second-order valence-electron chi connectivity index (χ2n) is 6.19. The van der Waals surface area contributed by atoms with Crippen LogP contribution < -0.4 is 22.2 Å². The molecule has 0 aliphatic heterocycles. The zero-order valence-corrected chi connectivity index (χ0v) is 16.6. The molecule has 0 fully saturated rings. The van der Waals surface area contributed by atoms with Crippen molar-refractivity contribution >= 4 is 35.5 Å². The van der Waals surface area contributed by atoms with Gasteiger partial charge in [-0.15, -0.1) is 0 Å². The maximum absolute atomic E-state index is 12.4. The number of hydrogen-bond donors (Lipinski definition) is 2. The van der Waals surface area contributed by atoms with Crippen molar-refractivity contribution in [1.82, 2.24) is 27.8 Å². The van der Waals surface area contributed by atoms with Gasteiger partial charge in [0.2, 0.25) is 11.8 Å². The van der Waals surface area contributed by atoms with Crippen LogP contribution in [-0.2, 0) is 35.2 Å². The Kier molecular flexibility index (Phi) is 4.54. The second-order valence-corrected chi connectivity index (χ2v) is 6.55. The Bertz CT molecular complexity index is 1380. The SMILES string of the molecule is Cn1c(O)c(C=NNc2nc3c(c(=O)n(C)c(=O)n3C)n2C)c(=O)n(C)c1=S. The zero-order valence-electron chi connectivity index (χ0n) is 15.8. The van der Waals surface area contributed by atoms with Crippen molar-refractivity contribution in [2.75, 3.05) is 5.43 Å². The molecule has 28 heavy (non-hydrogen) atoms. The molecule has 148 valence electrons. The van der Waals surface area contributed by atoms with Gasteiger partial charge < -0.3 is 9.67 Å². The van der Waals surface area contributed by atoms with Gasteiger partial charge in [0.05, 0.1) is 6.21 Å². The van der Waals surface area contributed by atoms with E-state index in [1.807, 2.05) is 0 Å². The van der Waals surface area contributed by atoms with E-state index >= 15 is 0 Å². The fourth-order valence-electron chi connectivity index (χ4n) is 2.75. The highest BCUT2D eigenvalue weighted by Gasteiger charge is 2.17. The summed E-state index contributed by atoms with van der Waals surface area (Å²) in [5.41, 5.74) is 1.42. The third kappa shape index (κ3) is 2.67. The van der Waals surface area contributed by atoms with Gasteiger partial charge in [0, 0.05) is 35.2 Å². The Morgan fingerprint density at radius 1 is 0.964 bits per heavy atom. The molecule has 12 nitrogen and oxygen atoms in total. The van der Waals surface area contributed by atoms with E-state index in [4.69, 9.17) is 12.2 Å². The maximum Gasteiger partial charge on any atom is 0.332 e. The van der Waals surface area contributed by atoms with E-state index in [9.17, 15) is 19.5 Å². The molecule has 0 aromatic carbocycles. The Hall–Kier alpha value is -3.48. The third-order valence-electron chi connectivity index (χ3n) is 4.50. The lowest BCUT2D eigenvalue weighted by Gasteiger charge is -2.09. The molecular formula is C15H18N8O4S. The van der Waals surface area contributed by atoms with Crippen molar-refractivity contribution in [1.29, 1.82) is 0 Å². The summed E-state index contributed by atoms with van der Waals surface area (Å²) in [4.78, 5) is 40.9. The van der Waals surface area contributed by atoms with Gasteiger partial charge in [-0.05, 0) is 12.2 Å². The Labute approximate surface area is 162 Å². The molecule has 0 unspecified atom stereocenters. The predicted octanol–water partition coefficient (Wildman–Crippen LogP) is -1.11. The highest BCUT2D eigenvalue weighted by atomic mass is 32.1. The summed E-state index contributed by atoms with van der Waals surface area (Å²) in [6, 6.07) is 0. The average Bonchev–Trinajstić information content (AvgIpc) is 3.00. The molecule has 0 spiro atoms. The summed E-state index contributed by atoms with van der Waals surface area (Å²) in [6.07, 6.45) is 1.13. The molecule has 0 saturated heterocycles. The number of imidazole rings is 1. The number of rotatable bonds is 3. The van der Waals surface area contributed by atoms with Crippen LogP contribution in [0.2, 0.25) is 0 Å². The van der Waals surface area contributed by atoms with Crippen LogP contribution in [0, 0.1) is 4.77 Å². The second kappa shape index (κ2) is 6.60. The molecule has 13 heteroatoms. The number of aryl methyl sites for hydroxylation is 2. The van der Waals surface area contributed by atoms with Crippen molar-refractivity contribution in [3.05, 3.63) is 41.5 Å². The number of hydrogen-bond acceptors (Lipinski definition) is 8. The molecule has 0 aliphatic carbocycles. The molecule has 3 heterocycles. The minimum Gasteiger partial charge on any atom is -0.494 e. The van der Waals surface area contributed by atoms with Gasteiger partial charge in [-0.1, -0.05) is 0 Å². The standard InChI is InChI=1S/C15H18N8O4S/c1-19-8-9(20(2)14(27)21(3)12(8)26)17-13(19)18-16-6-7-10(24)22(4)15(28)23(5)11(7)25/h6,24H,1-5H3,(H,17,18). The van der Waals surface area contributed by atoms with Gasteiger partial charge in [0.25, 0.3) is 11.1 Å². The van der Waals surface area contributed by atoms with Gasteiger partial charge >= 0.3 is 5.69 Å². The van der Waals surface area contributed by atoms with E-state index in [0.717, 1.165) is 10.8 Å². The number of nitrogens with zero attached hydrogens (tertiary/aromatic N) is 7. The normalized spacial score (nSPS) is 11.6. The van der Waals surface area contributed by atoms with Crippen molar-refractivity contribution in [3.8, 4) is 5.88 Å². The van der Waals surface area contributed by atoms with Crippen LogP contribution in [0.1, 0.15) is 5.56 Å². The summed E-state index contributed by atoms with van der Waals surface area (Å²) < 4.78 is 6.29. The van der Waals surface area contributed by atoms with Gasteiger partial charge in [0.1, 0.15) is 5.56 Å². The monoisotopic (exact) mass is 406 g/mol. The van der Waals surface area contributed by atoms with E-state index in [0.29, 0.717) is 0 Å². The van der Waals surface area contributed by atoms with Crippen LogP contribution >= 0.6 is 12.2 Å². The van der Waals surface area contributed by atoms with Crippen LogP contribution in [0.15, 0.2) is 19.5 Å². The summed E-state index contributed by atoms with van der Waals surface area (Å²) in [6.45, 7) is 0. The summed E-state index contributed by atoms with van der Waals surface area (Å²) >= 11 is 5.05. The first kappa shape index (κ1) is 19.3. The van der Waals surface area contributed by atoms with Crippen LogP contribution in [0.25, 0.3) is 11.2 Å². The summed E-state index contributed by atoms with van der Waals surface area (Å²) in [7, 11) is 7.47. The van der Waals surface area contributed by atoms with Gasteiger partial charge in [-0.3, -0.25) is 27.9 Å². The molecule has 0 aliphatic rings. The first-order chi connectivity index (χ1) is 13.1. The first-order valence-electron chi connectivity index (χ1n) is 7.98. The van der Waals surface area contributed by atoms with Crippen LogP contribution in [0.5, 0.6) is 5.88 Å². The van der Waals surface area contributed by atoms with Crippen LogP contribution in [0.4, 0.5) is 5.95 Å². The van der Waals surface area contributed by atoms with E-state index in [-0.39, 0.29) is 33.3 Å². The lowest BCUT2D eigenvalue weighted by Crippen LogP contribution is -2.37. The number of anilines is 1. The summed E-state index contributed by atoms with van der Waals surface area (Å²) in [5.74, 6) is -0.162. The molecule has 0 saturated carbocycles. The molecule has 0 bridgehead atoms. The highest BCUT2D eigenvalue weighted by molar-refractivity contribution is 7.71. The molecular weight excluding hydrogens is 388 g/mol. The van der Waals surface area contributed by atoms with Crippen molar-refractivity contribution in [2.24, 2.45) is 40.3 Å². The number of hydrazone groups is 1. The smallest absolute Gasteiger partial charge is 0.332 e. The van der Waals surface area contributed by atoms with Gasteiger partial charge in [0.15, 0.2) is 15.9 Å². The molecule has 3 aromatic rings. The minimum atomic E-state index is -0.521. The maximum atomic E-state index is 12.4. The van der Waals surface area contributed by atoms with Crippen LogP contribution in [0.3, 0.4) is 0 Å². The Balaban J connectivity index is 2.08. The average molecular weight is 406 g/mol. The number of aromatic nitrogens is 6.